The molecule has 0 radical (unpaired) electrons. The molecule has 1 rings (SSSR count). The molecule has 0 aromatic heterocycles. The van der Waals surface area contributed by atoms with Gasteiger partial charge in [0, 0.05) is 15.5 Å². The fraction of sp³-hybridized carbons (Fsp3) is 0.308. The number of carbonyl (C=O) groups excluding carboxylic acids is 1. The molecule has 1 aromatic carbocycles. The first-order valence-electron chi connectivity index (χ1n) is 4.98. The van der Waals surface area contributed by atoms with Crippen molar-refractivity contribution in [2.45, 2.75) is 20.8 Å². The summed E-state index contributed by atoms with van der Waals surface area (Å²) >= 11 is 11.8. The fourth-order valence-corrected chi connectivity index (χ4v) is 1.52. The van der Waals surface area contributed by atoms with Crippen molar-refractivity contribution >= 4 is 35.1 Å². The number of allylic oxidation sites excluding steroid dienone is 1. The summed E-state index contributed by atoms with van der Waals surface area (Å²) in [7, 11) is 0. The third-order valence-electron chi connectivity index (χ3n) is 2.12. The highest BCUT2D eigenvalue weighted by Gasteiger charge is 2.17. The van der Waals surface area contributed by atoms with Crippen LogP contribution in [-0.4, -0.2) is 5.78 Å². The van der Waals surface area contributed by atoms with Gasteiger partial charge >= 0.3 is 0 Å². The van der Waals surface area contributed by atoms with E-state index in [0.29, 0.717) is 10.0 Å². The minimum absolute atomic E-state index is 0.0681. The fourth-order valence-electron chi connectivity index (χ4n) is 1.05. The van der Waals surface area contributed by atoms with Crippen LogP contribution in [0, 0.1) is 5.41 Å². The number of hydrogen-bond acceptors (Lipinski definition) is 1. The molecule has 0 amide bonds. The molecule has 0 heterocycles. The van der Waals surface area contributed by atoms with Crippen LogP contribution in [0.5, 0.6) is 0 Å². The zero-order valence-corrected chi connectivity index (χ0v) is 11.1. The number of halogens is 2. The Morgan fingerprint density at radius 3 is 2.38 bits per heavy atom. The highest BCUT2D eigenvalue weighted by molar-refractivity contribution is 6.35. The lowest BCUT2D eigenvalue weighted by atomic mass is 9.90. The predicted molar refractivity (Wildman–Crippen MR) is 70.0 cm³/mol. The van der Waals surface area contributed by atoms with Crippen LogP contribution < -0.4 is 0 Å². The van der Waals surface area contributed by atoms with Gasteiger partial charge in [0.15, 0.2) is 5.78 Å². The van der Waals surface area contributed by atoms with Gasteiger partial charge in [-0.3, -0.25) is 4.79 Å². The molecule has 0 atom stereocenters. The largest absolute Gasteiger partial charge is 0.294 e. The third kappa shape index (κ3) is 3.66. The van der Waals surface area contributed by atoms with E-state index < -0.39 is 0 Å². The number of hydrogen-bond donors (Lipinski definition) is 0. The average molecular weight is 257 g/mol. The molecule has 0 fully saturated rings. The summed E-state index contributed by atoms with van der Waals surface area (Å²) in [6, 6.07) is 5.19. The third-order valence-corrected chi connectivity index (χ3v) is 2.68. The zero-order valence-electron chi connectivity index (χ0n) is 9.55. The lowest BCUT2D eigenvalue weighted by molar-refractivity contribution is -0.121. The minimum atomic E-state index is -0.366. The highest BCUT2D eigenvalue weighted by atomic mass is 35.5. The van der Waals surface area contributed by atoms with Crippen LogP contribution in [0.3, 0.4) is 0 Å². The maximum atomic E-state index is 11.7. The van der Waals surface area contributed by atoms with Crippen molar-refractivity contribution in [2.24, 2.45) is 5.41 Å². The van der Waals surface area contributed by atoms with Crippen LogP contribution in [0.15, 0.2) is 24.3 Å². The Kier molecular flexibility index (Phi) is 4.17. The summed E-state index contributed by atoms with van der Waals surface area (Å²) in [6.45, 7) is 5.63. The Morgan fingerprint density at radius 2 is 1.88 bits per heavy atom. The molecule has 0 N–H and O–H groups in total. The first kappa shape index (κ1) is 13.3. The van der Waals surface area contributed by atoms with Crippen LogP contribution >= 0.6 is 23.2 Å². The number of carbonyl (C=O) groups is 1. The quantitative estimate of drug-likeness (QED) is 0.706. The molecule has 0 saturated heterocycles. The average Bonchev–Trinajstić information content (AvgIpc) is 2.14. The summed E-state index contributed by atoms with van der Waals surface area (Å²) in [6.07, 6.45) is 3.27. The van der Waals surface area contributed by atoms with Crippen molar-refractivity contribution in [2.75, 3.05) is 0 Å². The Balaban J connectivity index is 2.89. The highest BCUT2D eigenvalue weighted by Crippen LogP contribution is 2.23. The molecular formula is C13H14Cl2O. The standard InChI is InChI=1S/C13H14Cl2O/c1-13(2,3)12(16)7-5-9-4-6-10(14)8-11(9)15/h4-8H,1-3H3/b7-5+. The smallest absolute Gasteiger partial charge is 0.161 e. The van der Waals surface area contributed by atoms with Crippen LogP contribution in [0.2, 0.25) is 10.0 Å². The van der Waals surface area contributed by atoms with Gasteiger partial charge in [0.05, 0.1) is 0 Å². The van der Waals surface area contributed by atoms with Gasteiger partial charge in [-0.1, -0.05) is 50.0 Å². The van der Waals surface area contributed by atoms with E-state index in [0.717, 1.165) is 5.56 Å². The lowest BCUT2D eigenvalue weighted by Gasteiger charge is -2.12. The molecule has 0 spiro atoms. The Morgan fingerprint density at radius 1 is 1.25 bits per heavy atom. The van der Waals surface area contributed by atoms with Crippen LogP contribution in [0.4, 0.5) is 0 Å². The van der Waals surface area contributed by atoms with Gasteiger partial charge in [0.1, 0.15) is 0 Å². The normalized spacial score (nSPS) is 12.1. The van der Waals surface area contributed by atoms with E-state index in [9.17, 15) is 4.79 Å². The van der Waals surface area contributed by atoms with Crippen molar-refractivity contribution in [3.63, 3.8) is 0 Å². The Labute approximate surface area is 106 Å². The van der Waals surface area contributed by atoms with E-state index in [1.807, 2.05) is 20.8 Å². The van der Waals surface area contributed by atoms with E-state index >= 15 is 0 Å². The first-order chi connectivity index (χ1) is 7.30. The SMILES string of the molecule is CC(C)(C)C(=O)/C=C/c1ccc(Cl)cc1Cl. The lowest BCUT2D eigenvalue weighted by Crippen LogP contribution is -2.17. The van der Waals surface area contributed by atoms with Gasteiger partial charge in [-0.05, 0) is 29.8 Å². The molecule has 0 bridgehead atoms. The minimum Gasteiger partial charge on any atom is -0.294 e. The van der Waals surface area contributed by atoms with Crippen molar-refractivity contribution in [3.05, 3.63) is 39.9 Å². The molecule has 16 heavy (non-hydrogen) atoms. The second-order valence-electron chi connectivity index (χ2n) is 4.61. The number of ketones is 1. The van der Waals surface area contributed by atoms with Crippen LogP contribution in [0.1, 0.15) is 26.3 Å². The second-order valence-corrected chi connectivity index (χ2v) is 5.46. The molecule has 1 nitrogen and oxygen atoms in total. The van der Waals surface area contributed by atoms with Gasteiger partial charge in [-0.25, -0.2) is 0 Å². The molecule has 0 saturated carbocycles. The van der Waals surface area contributed by atoms with Crippen molar-refractivity contribution in [1.82, 2.24) is 0 Å². The van der Waals surface area contributed by atoms with Gasteiger partial charge < -0.3 is 0 Å². The Bertz CT molecular complexity index is 428. The van der Waals surface area contributed by atoms with E-state index in [1.54, 1.807) is 30.4 Å². The van der Waals surface area contributed by atoms with Gasteiger partial charge in [0.2, 0.25) is 0 Å². The molecule has 0 aliphatic rings. The van der Waals surface area contributed by atoms with E-state index in [4.69, 9.17) is 23.2 Å². The number of benzene rings is 1. The molecule has 86 valence electrons. The second kappa shape index (κ2) is 5.03. The summed E-state index contributed by atoms with van der Waals surface area (Å²) in [4.78, 5) is 11.7. The van der Waals surface area contributed by atoms with E-state index in [-0.39, 0.29) is 11.2 Å². The van der Waals surface area contributed by atoms with Crippen LogP contribution in [-0.2, 0) is 4.79 Å². The van der Waals surface area contributed by atoms with Gasteiger partial charge in [0.25, 0.3) is 0 Å². The van der Waals surface area contributed by atoms with Gasteiger partial charge in [-0.2, -0.15) is 0 Å². The summed E-state index contributed by atoms with van der Waals surface area (Å²) in [5.41, 5.74) is 0.429. The van der Waals surface area contributed by atoms with Crippen molar-refractivity contribution in [1.29, 1.82) is 0 Å². The maximum Gasteiger partial charge on any atom is 0.161 e. The maximum absolute atomic E-state index is 11.7. The first-order valence-corrected chi connectivity index (χ1v) is 5.74. The molecular weight excluding hydrogens is 243 g/mol. The molecule has 0 unspecified atom stereocenters. The molecule has 3 heteroatoms. The summed E-state index contributed by atoms with van der Waals surface area (Å²) in [5.74, 6) is 0.0681. The van der Waals surface area contributed by atoms with Crippen LogP contribution in [0.25, 0.3) is 6.08 Å². The number of rotatable bonds is 2. The van der Waals surface area contributed by atoms with Gasteiger partial charge in [-0.15, -0.1) is 0 Å². The van der Waals surface area contributed by atoms with Crippen molar-refractivity contribution < 1.29 is 4.79 Å². The van der Waals surface area contributed by atoms with Crippen molar-refractivity contribution in [3.8, 4) is 0 Å². The summed E-state index contributed by atoms with van der Waals surface area (Å²) < 4.78 is 0. The molecule has 0 aliphatic heterocycles. The zero-order chi connectivity index (χ0) is 12.3. The molecule has 1 aromatic rings. The monoisotopic (exact) mass is 256 g/mol. The Hall–Kier alpha value is -0.790. The van der Waals surface area contributed by atoms with E-state index in [1.165, 1.54) is 0 Å². The van der Waals surface area contributed by atoms with E-state index in [2.05, 4.69) is 0 Å². The topological polar surface area (TPSA) is 17.1 Å². The summed E-state index contributed by atoms with van der Waals surface area (Å²) in [5, 5.41) is 1.13. The molecule has 0 aliphatic carbocycles. The predicted octanol–water partition coefficient (Wildman–Crippen LogP) is 4.62.